The summed E-state index contributed by atoms with van der Waals surface area (Å²) >= 11 is 1.47. The van der Waals surface area contributed by atoms with Crippen LogP contribution < -0.4 is 0 Å². The van der Waals surface area contributed by atoms with Gasteiger partial charge in [0.2, 0.25) is 0 Å². The summed E-state index contributed by atoms with van der Waals surface area (Å²) in [5.74, 6) is 0.384. The van der Waals surface area contributed by atoms with Crippen molar-refractivity contribution >= 4 is 17.2 Å². The second kappa shape index (κ2) is 8.76. The Hall–Kier alpha value is -3.36. The molecule has 3 heterocycles. The third-order valence-corrected chi connectivity index (χ3v) is 5.39. The molecule has 0 saturated heterocycles. The maximum absolute atomic E-state index is 13.2. The van der Waals surface area contributed by atoms with E-state index in [-0.39, 0.29) is 12.5 Å². The van der Waals surface area contributed by atoms with Crippen molar-refractivity contribution < 1.29 is 9.90 Å². The molecule has 4 aromatic rings. The fourth-order valence-electron chi connectivity index (χ4n) is 2.96. The predicted octanol–water partition coefficient (Wildman–Crippen LogP) is 3.10. The Morgan fingerprint density at radius 1 is 1.14 bits per heavy atom. The number of nitrogens with zero attached hydrogens (tertiary/aromatic N) is 5. The van der Waals surface area contributed by atoms with Crippen LogP contribution in [-0.2, 0) is 6.54 Å². The maximum Gasteiger partial charge on any atom is 0.255 e. The number of pyridine rings is 1. The molecule has 0 spiro atoms. The number of aliphatic hydroxyl groups is 1. The molecule has 0 aliphatic heterocycles. The van der Waals surface area contributed by atoms with Gasteiger partial charge in [-0.2, -0.15) is 5.10 Å². The Labute approximate surface area is 171 Å². The van der Waals surface area contributed by atoms with Crippen LogP contribution in [0.2, 0.25) is 0 Å². The molecule has 0 radical (unpaired) electrons. The van der Waals surface area contributed by atoms with E-state index in [0.29, 0.717) is 17.9 Å². The van der Waals surface area contributed by atoms with Crippen LogP contribution in [0, 0.1) is 0 Å². The summed E-state index contributed by atoms with van der Waals surface area (Å²) in [6.45, 7) is 0.589. The summed E-state index contributed by atoms with van der Waals surface area (Å²) < 4.78 is 1.52. The van der Waals surface area contributed by atoms with Crippen LogP contribution in [0.1, 0.15) is 26.9 Å². The van der Waals surface area contributed by atoms with E-state index in [4.69, 9.17) is 0 Å². The monoisotopic (exact) mass is 405 g/mol. The fraction of sp³-hybridized carbons (Fsp3) is 0.143. The highest BCUT2D eigenvalue weighted by molar-refractivity contribution is 7.10. The maximum atomic E-state index is 13.2. The number of rotatable bonds is 7. The average molecular weight is 405 g/mol. The van der Waals surface area contributed by atoms with E-state index < -0.39 is 6.10 Å². The molecule has 8 heteroatoms. The van der Waals surface area contributed by atoms with E-state index >= 15 is 0 Å². The lowest BCUT2D eigenvalue weighted by Gasteiger charge is -2.25. The van der Waals surface area contributed by atoms with Gasteiger partial charge in [-0.15, -0.1) is 11.3 Å². The summed E-state index contributed by atoms with van der Waals surface area (Å²) in [6.07, 6.45) is 3.75. The first-order chi connectivity index (χ1) is 14.2. The molecule has 146 valence electrons. The summed E-state index contributed by atoms with van der Waals surface area (Å²) in [5, 5.41) is 16.6. The van der Waals surface area contributed by atoms with E-state index in [9.17, 15) is 9.90 Å². The number of aliphatic hydroxyl groups excluding tert-OH is 1. The van der Waals surface area contributed by atoms with Crippen molar-refractivity contribution in [1.29, 1.82) is 0 Å². The van der Waals surface area contributed by atoms with E-state index in [0.717, 1.165) is 10.4 Å². The molecular formula is C21H19N5O2S. The van der Waals surface area contributed by atoms with Gasteiger partial charge in [-0.1, -0.05) is 36.4 Å². The Kier molecular flexibility index (Phi) is 5.73. The van der Waals surface area contributed by atoms with Crippen molar-refractivity contribution in [3.63, 3.8) is 0 Å². The number of amides is 1. The van der Waals surface area contributed by atoms with Crippen molar-refractivity contribution in [2.24, 2.45) is 0 Å². The summed E-state index contributed by atoms with van der Waals surface area (Å²) in [4.78, 5) is 23.9. The van der Waals surface area contributed by atoms with Crippen molar-refractivity contribution in [3.05, 3.63) is 94.8 Å². The minimum Gasteiger partial charge on any atom is -0.386 e. The number of thiophene rings is 1. The number of carbonyl (C=O) groups is 1. The smallest absolute Gasteiger partial charge is 0.255 e. The van der Waals surface area contributed by atoms with Crippen molar-refractivity contribution in [2.75, 3.05) is 6.54 Å². The normalized spacial score (nSPS) is 11.9. The molecule has 4 rings (SSSR count). The second-order valence-corrected chi connectivity index (χ2v) is 7.43. The summed E-state index contributed by atoms with van der Waals surface area (Å²) in [6, 6.07) is 16.9. The molecule has 1 amide bonds. The fourth-order valence-corrected chi connectivity index (χ4v) is 3.66. The molecule has 0 fully saturated rings. The van der Waals surface area contributed by atoms with Crippen LogP contribution in [0.15, 0.2) is 78.8 Å². The molecule has 0 aliphatic rings. The SMILES string of the molecule is O=C(c1ccc(-n2cncn2)nc1)N(Cc1ccccc1)CC(O)c1cccs1. The van der Waals surface area contributed by atoms with Crippen molar-refractivity contribution in [1.82, 2.24) is 24.6 Å². The molecule has 0 aliphatic carbocycles. The highest BCUT2D eigenvalue weighted by atomic mass is 32.1. The number of aromatic nitrogens is 4. The summed E-state index contributed by atoms with van der Waals surface area (Å²) in [5.41, 5.74) is 1.44. The van der Waals surface area contributed by atoms with Gasteiger partial charge < -0.3 is 10.0 Å². The minimum absolute atomic E-state index is 0.193. The summed E-state index contributed by atoms with van der Waals surface area (Å²) in [7, 11) is 0. The van der Waals surface area contributed by atoms with Crippen molar-refractivity contribution in [3.8, 4) is 5.82 Å². The quantitative estimate of drug-likeness (QED) is 0.511. The molecule has 1 unspecified atom stereocenters. The van der Waals surface area contributed by atoms with Crippen LogP contribution in [0.25, 0.3) is 5.82 Å². The molecule has 29 heavy (non-hydrogen) atoms. The van der Waals surface area contributed by atoms with Gasteiger partial charge in [-0.05, 0) is 29.1 Å². The lowest BCUT2D eigenvalue weighted by molar-refractivity contribution is 0.0608. The van der Waals surface area contributed by atoms with E-state index in [1.54, 1.807) is 23.4 Å². The van der Waals surface area contributed by atoms with Gasteiger partial charge in [0.15, 0.2) is 5.82 Å². The second-order valence-electron chi connectivity index (χ2n) is 6.45. The predicted molar refractivity (Wildman–Crippen MR) is 110 cm³/mol. The zero-order chi connectivity index (χ0) is 20.1. The largest absolute Gasteiger partial charge is 0.386 e. The number of benzene rings is 1. The number of hydrogen-bond acceptors (Lipinski definition) is 6. The Morgan fingerprint density at radius 3 is 2.66 bits per heavy atom. The van der Waals surface area contributed by atoms with Gasteiger partial charge >= 0.3 is 0 Å². The van der Waals surface area contributed by atoms with Crippen LogP contribution in [0.3, 0.4) is 0 Å². The zero-order valence-electron chi connectivity index (χ0n) is 15.5. The van der Waals surface area contributed by atoms with Gasteiger partial charge in [0, 0.05) is 17.6 Å². The van der Waals surface area contributed by atoms with E-state index in [2.05, 4.69) is 15.1 Å². The van der Waals surface area contributed by atoms with Crippen LogP contribution >= 0.6 is 11.3 Å². The highest BCUT2D eigenvalue weighted by Gasteiger charge is 2.21. The Bertz CT molecular complexity index is 1030. The van der Waals surface area contributed by atoms with Crippen molar-refractivity contribution in [2.45, 2.75) is 12.6 Å². The molecule has 1 N–H and O–H groups in total. The molecule has 0 saturated carbocycles. The van der Waals surface area contributed by atoms with Gasteiger partial charge in [0.05, 0.1) is 12.1 Å². The minimum atomic E-state index is -0.745. The lowest BCUT2D eigenvalue weighted by atomic mass is 10.1. The molecule has 7 nitrogen and oxygen atoms in total. The first-order valence-electron chi connectivity index (χ1n) is 9.06. The topological polar surface area (TPSA) is 84.1 Å². The highest BCUT2D eigenvalue weighted by Crippen LogP contribution is 2.22. The third kappa shape index (κ3) is 4.56. The molecule has 1 aromatic carbocycles. The van der Waals surface area contributed by atoms with E-state index in [1.807, 2.05) is 47.8 Å². The first-order valence-corrected chi connectivity index (χ1v) is 9.94. The third-order valence-electron chi connectivity index (χ3n) is 4.42. The number of carbonyl (C=O) groups excluding carboxylic acids is 1. The Morgan fingerprint density at radius 2 is 2.00 bits per heavy atom. The molecule has 1 atom stereocenters. The lowest BCUT2D eigenvalue weighted by Crippen LogP contribution is -2.34. The van der Waals surface area contributed by atoms with Gasteiger partial charge in [-0.3, -0.25) is 4.79 Å². The van der Waals surface area contributed by atoms with Gasteiger partial charge in [-0.25, -0.2) is 14.6 Å². The number of hydrogen-bond donors (Lipinski definition) is 1. The van der Waals surface area contributed by atoms with Gasteiger partial charge in [0.25, 0.3) is 5.91 Å². The van der Waals surface area contributed by atoms with E-state index in [1.165, 1.54) is 28.5 Å². The average Bonchev–Trinajstić information content (AvgIpc) is 3.48. The Balaban J connectivity index is 1.56. The van der Waals surface area contributed by atoms with Crippen LogP contribution in [-0.4, -0.2) is 42.2 Å². The van der Waals surface area contributed by atoms with Crippen LogP contribution in [0.5, 0.6) is 0 Å². The molecular weight excluding hydrogens is 386 g/mol. The zero-order valence-corrected chi connectivity index (χ0v) is 16.3. The first kappa shape index (κ1) is 19.0. The molecule has 0 bridgehead atoms. The molecule has 3 aromatic heterocycles. The standard InChI is InChI=1S/C21H19N5O2S/c27-18(19-7-4-10-29-19)13-25(12-16-5-2-1-3-6-16)21(28)17-8-9-20(23-11-17)26-15-22-14-24-26/h1-11,14-15,18,27H,12-13H2. The van der Waals surface area contributed by atoms with Gasteiger partial charge in [0.1, 0.15) is 18.8 Å². The van der Waals surface area contributed by atoms with Crippen LogP contribution in [0.4, 0.5) is 0 Å².